The summed E-state index contributed by atoms with van der Waals surface area (Å²) in [7, 11) is 1.59. The largest absolute Gasteiger partial charge is 0.496 e. The molecule has 1 rings (SSSR count). The fourth-order valence-electron chi connectivity index (χ4n) is 1.87. The Kier molecular flexibility index (Phi) is 7.86. The van der Waals surface area contributed by atoms with Gasteiger partial charge in [0.2, 0.25) is 0 Å². The third-order valence-corrected chi connectivity index (χ3v) is 3.71. The lowest BCUT2D eigenvalue weighted by Gasteiger charge is -2.10. The van der Waals surface area contributed by atoms with Crippen LogP contribution >= 0.6 is 22.6 Å². The van der Waals surface area contributed by atoms with Gasteiger partial charge in [-0.15, -0.1) is 0 Å². The van der Waals surface area contributed by atoms with Crippen LogP contribution in [0.3, 0.4) is 0 Å². The number of unbranched alkanes of at least 4 members (excludes halogenated alkanes) is 3. The Balaban J connectivity index is 2.43. The smallest absolute Gasteiger partial charge is 0.255 e. The number of carbonyl (C=O) groups excluding carboxylic acids is 1. The van der Waals surface area contributed by atoms with Crippen molar-refractivity contribution in [3.05, 3.63) is 29.3 Å². The summed E-state index contributed by atoms with van der Waals surface area (Å²) in [5.74, 6) is 0.586. The normalized spacial score (nSPS) is 10.3. The molecule has 19 heavy (non-hydrogen) atoms. The highest BCUT2D eigenvalue weighted by atomic mass is 127. The van der Waals surface area contributed by atoms with E-state index in [0.717, 1.165) is 18.5 Å². The molecule has 0 aliphatic heterocycles. The van der Waals surface area contributed by atoms with Gasteiger partial charge < -0.3 is 10.1 Å². The van der Waals surface area contributed by atoms with Gasteiger partial charge in [0.15, 0.2) is 0 Å². The average Bonchev–Trinajstić information content (AvgIpc) is 2.42. The van der Waals surface area contributed by atoms with Crippen LogP contribution in [0.25, 0.3) is 0 Å². The Hall–Kier alpha value is -0.780. The second-order valence-corrected chi connectivity index (χ2v) is 5.64. The van der Waals surface area contributed by atoms with Crippen molar-refractivity contribution in [2.75, 3.05) is 18.1 Å². The number of aryl methyl sites for hydroxylation is 1. The zero-order valence-electron chi connectivity index (χ0n) is 11.7. The van der Waals surface area contributed by atoms with Crippen LogP contribution in [0.2, 0.25) is 0 Å². The number of hydrogen-bond donors (Lipinski definition) is 1. The SMILES string of the molecule is COc1ccc(C)cc1C(=O)NCCCCCCI. The second kappa shape index (κ2) is 9.18. The molecule has 0 aromatic heterocycles. The van der Waals surface area contributed by atoms with Gasteiger partial charge >= 0.3 is 0 Å². The van der Waals surface area contributed by atoms with Gasteiger partial charge in [-0.2, -0.15) is 0 Å². The van der Waals surface area contributed by atoms with Crippen molar-refractivity contribution in [3.63, 3.8) is 0 Å². The topological polar surface area (TPSA) is 38.3 Å². The van der Waals surface area contributed by atoms with E-state index in [0.29, 0.717) is 11.3 Å². The number of methoxy groups -OCH3 is 1. The molecule has 0 unspecified atom stereocenters. The molecular weight excluding hydrogens is 353 g/mol. The van der Waals surface area contributed by atoms with Crippen LogP contribution in [0.4, 0.5) is 0 Å². The van der Waals surface area contributed by atoms with E-state index in [-0.39, 0.29) is 5.91 Å². The zero-order chi connectivity index (χ0) is 14.1. The lowest BCUT2D eigenvalue weighted by atomic mass is 10.1. The number of hydrogen-bond acceptors (Lipinski definition) is 2. The number of amides is 1. The Morgan fingerprint density at radius 3 is 2.68 bits per heavy atom. The summed E-state index contributed by atoms with van der Waals surface area (Å²) >= 11 is 2.39. The number of alkyl halides is 1. The van der Waals surface area contributed by atoms with Crippen molar-refractivity contribution >= 4 is 28.5 Å². The summed E-state index contributed by atoms with van der Waals surface area (Å²) < 4.78 is 6.43. The van der Waals surface area contributed by atoms with Crippen molar-refractivity contribution in [3.8, 4) is 5.75 Å². The fourth-order valence-corrected chi connectivity index (χ4v) is 2.41. The first-order valence-electron chi connectivity index (χ1n) is 6.68. The van der Waals surface area contributed by atoms with Crippen molar-refractivity contribution in [1.82, 2.24) is 5.32 Å². The molecule has 1 aromatic carbocycles. The highest BCUT2D eigenvalue weighted by Gasteiger charge is 2.11. The molecule has 4 heteroatoms. The summed E-state index contributed by atoms with van der Waals surface area (Å²) in [6.45, 7) is 2.71. The number of benzene rings is 1. The second-order valence-electron chi connectivity index (χ2n) is 4.56. The molecule has 1 N–H and O–H groups in total. The molecule has 1 aromatic rings. The number of halogens is 1. The van der Waals surface area contributed by atoms with Gasteiger partial charge in [0.25, 0.3) is 5.91 Å². The highest BCUT2D eigenvalue weighted by Crippen LogP contribution is 2.19. The molecule has 0 fully saturated rings. The van der Waals surface area contributed by atoms with Gasteiger partial charge in [-0.05, 0) is 36.3 Å². The van der Waals surface area contributed by atoms with Crippen molar-refractivity contribution < 1.29 is 9.53 Å². The molecule has 0 saturated carbocycles. The van der Waals surface area contributed by atoms with Gasteiger partial charge in [-0.3, -0.25) is 4.79 Å². The lowest BCUT2D eigenvalue weighted by molar-refractivity contribution is 0.0950. The summed E-state index contributed by atoms with van der Waals surface area (Å²) in [4.78, 5) is 12.1. The van der Waals surface area contributed by atoms with Crippen molar-refractivity contribution in [1.29, 1.82) is 0 Å². The van der Waals surface area contributed by atoms with E-state index in [9.17, 15) is 4.79 Å². The first kappa shape index (κ1) is 16.3. The summed E-state index contributed by atoms with van der Waals surface area (Å²) in [5.41, 5.74) is 1.68. The molecule has 0 radical (unpaired) electrons. The molecule has 106 valence electrons. The van der Waals surface area contributed by atoms with E-state index in [4.69, 9.17) is 4.74 Å². The summed E-state index contributed by atoms with van der Waals surface area (Å²) in [5, 5.41) is 2.96. The first-order chi connectivity index (χ1) is 9.19. The quantitative estimate of drug-likeness (QED) is 0.427. The Bertz CT molecular complexity index is 407. The third kappa shape index (κ3) is 5.80. The van der Waals surface area contributed by atoms with E-state index in [1.54, 1.807) is 7.11 Å². The minimum Gasteiger partial charge on any atom is -0.496 e. The van der Waals surface area contributed by atoms with Crippen molar-refractivity contribution in [2.45, 2.75) is 32.6 Å². The summed E-state index contributed by atoms with van der Waals surface area (Å²) in [6.07, 6.45) is 4.72. The summed E-state index contributed by atoms with van der Waals surface area (Å²) in [6, 6.07) is 5.65. The molecular formula is C15H22INO2. The van der Waals surface area contributed by atoms with Gasteiger partial charge in [0.05, 0.1) is 12.7 Å². The molecule has 0 bridgehead atoms. The predicted molar refractivity (Wildman–Crippen MR) is 87.4 cm³/mol. The zero-order valence-corrected chi connectivity index (χ0v) is 13.8. The molecule has 0 aliphatic rings. The number of nitrogens with one attached hydrogen (secondary N) is 1. The minimum absolute atomic E-state index is 0.0468. The van der Waals surface area contributed by atoms with Crippen LogP contribution < -0.4 is 10.1 Å². The van der Waals surface area contributed by atoms with Gasteiger partial charge in [-0.25, -0.2) is 0 Å². The number of rotatable bonds is 8. The first-order valence-corrected chi connectivity index (χ1v) is 8.20. The van der Waals surface area contributed by atoms with Gasteiger partial charge in [-0.1, -0.05) is 47.1 Å². The van der Waals surface area contributed by atoms with Gasteiger partial charge in [0, 0.05) is 6.54 Å². The van der Waals surface area contributed by atoms with Crippen LogP contribution in [0.5, 0.6) is 5.75 Å². The highest BCUT2D eigenvalue weighted by molar-refractivity contribution is 14.1. The predicted octanol–water partition coefficient (Wildman–Crippen LogP) is 3.73. The Labute approximate surface area is 129 Å². The maximum Gasteiger partial charge on any atom is 0.255 e. The Morgan fingerprint density at radius 1 is 1.26 bits per heavy atom. The molecule has 0 aliphatic carbocycles. The number of carbonyl (C=O) groups is 1. The number of ether oxygens (including phenoxy) is 1. The average molecular weight is 375 g/mol. The van der Waals surface area contributed by atoms with Crippen molar-refractivity contribution in [2.24, 2.45) is 0 Å². The Morgan fingerprint density at radius 2 is 2.00 bits per heavy atom. The van der Waals surface area contributed by atoms with E-state index in [2.05, 4.69) is 27.9 Å². The lowest BCUT2D eigenvalue weighted by Crippen LogP contribution is -2.25. The van der Waals surface area contributed by atoms with E-state index in [1.807, 2.05) is 25.1 Å². The maximum absolute atomic E-state index is 12.1. The van der Waals surface area contributed by atoms with Crippen LogP contribution in [0.15, 0.2) is 18.2 Å². The molecule has 0 heterocycles. The maximum atomic E-state index is 12.1. The molecule has 0 spiro atoms. The molecule has 1 amide bonds. The molecule has 0 saturated heterocycles. The van der Waals surface area contributed by atoms with Crippen LogP contribution in [-0.4, -0.2) is 24.0 Å². The third-order valence-electron chi connectivity index (χ3n) is 2.95. The minimum atomic E-state index is -0.0468. The molecule has 3 nitrogen and oxygen atoms in total. The van der Waals surface area contributed by atoms with E-state index in [1.165, 1.54) is 23.7 Å². The fraction of sp³-hybridized carbons (Fsp3) is 0.533. The van der Waals surface area contributed by atoms with Crippen LogP contribution in [0.1, 0.15) is 41.6 Å². The van der Waals surface area contributed by atoms with Gasteiger partial charge in [0.1, 0.15) is 5.75 Å². The molecule has 0 atom stereocenters. The monoisotopic (exact) mass is 375 g/mol. The van der Waals surface area contributed by atoms with E-state index >= 15 is 0 Å². The standard InChI is InChI=1S/C15H22INO2/c1-12-7-8-14(19-2)13(11-12)15(18)17-10-6-4-3-5-9-16/h7-8,11H,3-6,9-10H2,1-2H3,(H,17,18). The van der Waals surface area contributed by atoms with Crippen LogP contribution in [0, 0.1) is 6.92 Å². The van der Waals surface area contributed by atoms with Crippen LogP contribution in [-0.2, 0) is 0 Å². The van der Waals surface area contributed by atoms with E-state index < -0.39 is 0 Å².